The minimum absolute atomic E-state index is 0.258. The van der Waals surface area contributed by atoms with Crippen LogP contribution in [0.2, 0.25) is 0 Å². The molecular formula is C15H16O5S2. The lowest BCUT2D eigenvalue weighted by molar-refractivity contribution is -0.0474. The van der Waals surface area contributed by atoms with Crippen molar-refractivity contribution in [3.05, 3.63) is 40.2 Å². The Kier molecular flexibility index (Phi) is 4.52. The van der Waals surface area contributed by atoms with E-state index in [0.717, 1.165) is 15.8 Å². The average Bonchev–Trinajstić information content (AvgIpc) is 2.48. The molecule has 1 fully saturated rings. The zero-order valence-electron chi connectivity index (χ0n) is 11.8. The zero-order chi connectivity index (χ0) is 15.9. The highest BCUT2D eigenvalue weighted by atomic mass is 32.2. The van der Waals surface area contributed by atoms with Crippen molar-refractivity contribution in [1.29, 1.82) is 0 Å². The topological polar surface area (TPSA) is 90.9 Å². The predicted octanol–water partition coefficient (Wildman–Crippen LogP) is 1.35. The lowest BCUT2D eigenvalue weighted by Crippen LogP contribution is -2.47. The van der Waals surface area contributed by atoms with Crippen LogP contribution in [-0.2, 0) is 0 Å². The number of fused-ring (bicyclic) bond motifs is 1. The Morgan fingerprint density at radius 1 is 1.23 bits per heavy atom. The number of aliphatic hydroxyl groups is 3. The molecule has 0 radical (unpaired) electrons. The summed E-state index contributed by atoms with van der Waals surface area (Å²) < 4.78 is 4.89. The van der Waals surface area contributed by atoms with Crippen LogP contribution >= 0.6 is 23.5 Å². The molecule has 0 bridgehead atoms. The van der Waals surface area contributed by atoms with E-state index in [9.17, 15) is 20.1 Å². The van der Waals surface area contributed by atoms with E-state index >= 15 is 0 Å². The van der Waals surface area contributed by atoms with Gasteiger partial charge in [-0.15, -0.1) is 23.5 Å². The molecule has 3 rings (SSSR count). The summed E-state index contributed by atoms with van der Waals surface area (Å²) in [6.07, 6.45) is -3.02. The highest BCUT2D eigenvalue weighted by Gasteiger charge is 2.37. The first-order valence-electron chi connectivity index (χ1n) is 6.82. The first-order chi connectivity index (χ1) is 10.5. The van der Waals surface area contributed by atoms with Gasteiger partial charge in [-0.1, -0.05) is 0 Å². The molecule has 118 valence electrons. The second-order valence-corrected chi connectivity index (χ2v) is 7.96. The van der Waals surface area contributed by atoms with E-state index in [1.54, 1.807) is 6.07 Å². The summed E-state index contributed by atoms with van der Waals surface area (Å²) in [4.78, 5) is 12.3. The van der Waals surface area contributed by atoms with Gasteiger partial charge in [0.2, 0.25) is 0 Å². The number of aryl methyl sites for hydroxylation is 1. The van der Waals surface area contributed by atoms with Gasteiger partial charge in [-0.2, -0.15) is 0 Å². The van der Waals surface area contributed by atoms with Crippen LogP contribution in [0.5, 0.6) is 0 Å². The summed E-state index contributed by atoms with van der Waals surface area (Å²) in [5, 5.41) is 30.2. The van der Waals surface area contributed by atoms with Gasteiger partial charge in [0.1, 0.15) is 17.8 Å². The summed E-state index contributed by atoms with van der Waals surface area (Å²) in [5.74, 6) is 0.386. The van der Waals surface area contributed by atoms with Crippen LogP contribution in [0.15, 0.2) is 38.4 Å². The summed E-state index contributed by atoms with van der Waals surface area (Å²) in [7, 11) is 0. The minimum atomic E-state index is -1.13. The van der Waals surface area contributed by atoms with Crippen molar-refractivity contribution in [2.45, 2.75) is 34.7 Å². The van der Waals surface area contributed by atoms with Crippen LogP contribution in [-0.4, -0.2) is 44.0 Å². The maximum absolute atomic E-state index is 11.4. The van der Waals surface area contributed by atoms with E-state index < -0.39 is 18.3 Å². The second-order valence-electron chi connectivity index (χ2n) is 5.27. The van der Waals surface area contributed by atoms with Gasteiger partial charge >= 0.3 is 5.63 Å². The molecule has 5 nitrogen and oxygen atoms in total. The molecule has 1 aromatic heterocycles. The molecule has 0 aliphatic carbocycles. The Hall–Kier alpha value is -0.990. The van der Waals surface area contributed by atoms with Crippen molar-refractivity contribution >= 4 is 34.5 Å². The van der Waals surface area contributed by atoms with Crippen LogP contribution in [0.3, 0.4) is 0 Å². The highest BCUT2D eigenvalue weighted by molar-refractivity contribution is 8.17. The van der Waals surface area contributed by atoms with Crippen molar-refractivity contribution in [2.75, 3.05) is 5.75 Å². The van der Waals surface area contributed by atoms with Crippen LogP contribution in [0, 0.1) is 6.92 Å². The maximum Gasteiger partial charge on any atom is 0.336 e. The van der Waals surface area contributed by atoms with Crippen LogP contribution in [0.4, 0.5) is 0 Å². The monoisotopic (exact) mass is 340 g/mol. The zero-order valence-corrected chi connectivity index (χ0v) is 13.4. The number of hydrogen-bond acceptors (Lipinski definition) is 7. The molecule has 1 saturated heterocycles. The van der Waals surface area contributed by atoms with E-state index in [4.69, 9.17) is 4.42 Å². The van der Waals surface area contributed by atoms with E-state index in [1.807, 2.05) is 19.1 Å². The van der Waals surface area contributed by atoms with Crippen molar-refractivity contribution in [1.82, 2.24) is 0 Å². The van der Waals surface area contributed by atoms with Crippen LogP contribution in [0.1, 0.15) is 5.56 Å². The Balaban J connectivity index is 1.87. The number of hydrogen-bond donors (Lipinski definition) is 3. The highest BCUT2D eigenvalue weighted by Crippen LogP contribution is 2.39. The van der Waals surface area contributed by atoms with E-state index in [2.05, 4.69) is 0 Å². The normalized spacial score (nSPS) is 28.9. The van der Waals surface area contributed by atoms with Crippen LogP contribution in [0.25, 0.3) is 11.0 Å². The Bertz CT molecular complexity index is 744. The third-order valence-corrected chi connectivity index (χ3v) is 6.50. The third-order valence-electron chi connectivity index (χ3n) is 3.63. The molecule has 4 atom stereocenters. The lowest BCUT2D eigenvalue weighted by atomic mass is 10.1. The smallest absolute Gasteiger partial charge is 0.336 e. The maximum atomic E-state index is 11.4. The predicted molar refractivity (Wildman–Crippen MR) is 87.3 cm³/mol. The molecule has 0 saturated carbocycles. The van der Waals surface area contributed by atoms with Gasteiger partial charge in [0.15, 0.2) is 0 Å². The third kappa shape index (κ3) is 3.04. The number of thioether (sulfide) groups is 2. The fourth-order valence-electron chi connectivity index (χ4n) is 2.39. The van der Waals surface area contributed by atoms with Gasteiger partial charge in [-0.05, 0) is 30.7 Å². The van der Waals surface area contributed by atoms with E-state index in [0.29, 0.717) is 11.3 Å². The van der Waals surface area contributed by atoms with Gasteiger partial charge < -0.3 is 19.7 Å². The summed E-state index contributed by atoms with van der Waals surface area (Å²) in [6.45, 7) is 1.85. The van der Waals surface area contributed by atoms with Gasteiger partial charge in [-0.25, -0.2) is 4.79 Å². The number of benzene rings is 1. The summed E-state index contributed by atoms with van der Waals surface area (Å²) in [5.41, 5.74) is 0.989. The Morgan fingerprint density at radius 2 is 2.00 bits per heavy atom. The summed E-state index contributed by atoms with van der Waals surface area (Å²) in [6, 6.07) is 6.90. The molecule has 1 aromatic carbocycles. The molecule has 1 aliphatic heterocycles. The van der Waals surface area contributed by atoms with Crippen molar-refractivity contribution in [2.24, 2.45) is 0 Å². The second kappa shape index (κ2) is 6.25. The van der Waals surface area contributed by atoms with Crippen LogP contribution < -0.4 is 5.63 Å². The van der Waals surface area contributed by atoms with E-state index in [1.165, 1.54) is 29.6 Å². The van der Waals surface area contributed by atoms with Crippen molar-refractivity contribution in [3.8, 4) is 0 Å². The van der Waals surface area contributed by atoms with E-state index in [-0.39, 0.29) is 10.2 Å². The fourth-order valence-corrected chi connectivity index (χ4v) is 5.07. The summed E-state index contributed by atoms with van der Waals surface area (Å²) >= 11 is 2.85. The SMILES string of the molecule is Cc1cc(=O)oc2ccc(S[C@@H]3SC[C@@H](O)[C@H](O)[C@H]3O)cc12. The average molecular weight is 340 g/mol. The molecule has 0 amide bonds. The lowest BCUT2D eigenvalue weighted by Gasteiger charge is -2.34. The minimum Gasteiger partial charge on any atom is -0.423 e. The molecule has 2 aromatic rings. The molecule has 7 heteroatoms. The largest absolute Gasteiger partial charge is 0.423 e. The molecular weight excluding hydrogens is 324 g/mol. The molecule has 0 spiro atoms. The molecule has 0 unspecified atom stereocenters. The van der Waals surface area contributed by atoms with Crippen molar-refractivity contribution < 1.29 is 19.7 Å². The quantitative estimate of drug-likeness (QED) is 0.711. The first kappa shape index (κ1) is 15.9. The molecule has 22 heavy (non-hydrogen) atoms. The Morgan fingerprint density at radius 3 is 2.77 bits per heavy atom. The standard InChI is InChI=1S/C15H16O5S2/c1-7-4-12(17)20-11-3-2-8(5-9(7)11)22-15-14(19)13(18)10(16)6-21-15/h2-5,10,13-16,18-19H,6H2,1H3/t10-,13+,14-,15+/m1/s1. The molecule has 3 N–H and O–H groups in total. The number of aliphatic hydroxyl groups excluding tert-OH is 3. The first-order valence-corrected chi connectivity index (χ1v) is 8.75. The van der Waals surface area contributed by atoms with Gasteiger partial charge in [0.05, 0.1) is 10.7 Å². The Labute approximate surface area is 135 Å². The number of rotatable bonds is 2. The van der Waals surface area contributed by atoms with Gasteiger partial charge in [0.25, 0.3) is 0 Å². The van der Waals surface area contributed by atoms with Crippen molar-refractivity contribution in [3.63, 3.8) is 0 Å². The van der Waals surface area contributed by atoms with Gasteiger partial charge in [-0.3, -0.25) is 0 Å². The molecule has 1 aliphatic rings. The van der Waals surface area contributed by atoms with Gasteiger partial charge in [0, 0.05) is 22.1 Å². The molecule has 2 heterocycles. The fraction of sp³-hybridized carbons (Fsp3) is 0.400.